The summed E-state index contributed by atoms with van der Waals surface area (Å²) in [6.45, 7) is 0. The van der Waals surface area contributed by atoms with Gasteiger partial charge < -0.3 is 0 Å². The van der Waals surface area contributed by atoms with Crippen molar-refractivity contribution in [3.05, 3.63) is 71.8 Å². The first-order chi connectivity index (χ1) is 16.5. The van der Waals surface area contributed by atoms with Crippen LogP contribution in [0.1, 0.15) is 49.7 Å². The molecule has 0 radical (unpaired) electrons. The van der Waals surface area contributed by atoms with Crippen LogP contribution < -0.4 is 0 Å². The number of benzene rings is 2. The van der Waals surface area contributed by atoms with E-state index in [1.54, 1.807) is 65.0 Å². The average molecular weight is 530 g/mol. The van der Waals surface area contributed by atoms with Crippen LogP contribution in [0.4, 0.5) is 26.3 Å². The minimum atomic E-state index is -5.49. The fourth-order valence-electron chi connectivity index (χ4n) is 7.43. The topological polar surface area (TPSA) is 3.24 Å². The molecular formula is C26H25F6NS2. The molecule has 4 saturated carbocycles. The lowest BCUT2D eigenvalue weighted by Gasteiger charge is -2.62. The van der Waals surface area contributed by atoms with Gasteiger partial charge in [-0.2, -0.15) is 26.3 Å². The summed E-state index contributed by atoms with van der Waals surface area (Å²) < 4.78 is 85.5. The molecule has 4 aliphatic carbocycles. The highest BCUT2D eigenvalue weighted by molar-refractivity contribution is 8.20. The quantitative estimate of drug-likeness (QED) is 0.290. The number of hydrogen-bond acceptors (Lipinski definition) is 3. The van der Waals surface area contributed by atoms with Gasteiger partial charge in [-0.25, -0.2) is 4.31 Å². The standard InChI is InChI=1S/C26H25F6NS2/c27-25(28,29)24(26(30,31)32)34-23(20-7-3-1-4-8-20,21-9-5-2-6-10-21)33(35-24)22-14-17-11-18(15-22)13-19(12-17)16-22/h1-10,17-19H,11-16H2. The zero-order chi connectivity index (χ0) is 24.7. The van der Waals surface area contributed by atoms with Gasteiger partial charge in [0.15, 0.2) is 0 Å². The second-order valence-electron chi connectivity index (χ2n) is 10.6. The molecule has 9 heteroatoms. The first-order valence-corrected chi connectivity index (χ1v) is 13.5. The second kappa shape index (κ2) is 7.84. The lowest BCUT2D eigenvalue weighted by Crippen LogP contribution is -2.61. The van der Waals surface area contributed by atoms with Gasteiger partial charge in [0.25, 0.3) is 4.08 Å². The number of rotatable bonds is 3. The number of thioether (sulfide) groups is 1. The molecule has 1 aliphatic heterocycles. The predicted molar refractivity (Wildman–Crippen MR) is 126 cm³/mol. The van der Waals surface area contributed by atoms with Crippen LogP contribution >= 0.6 is 23.7 Å². The van der Waals surface area contributed by atoms with E-state index in [1.165, 1.54) is 0 Å². The van der Waals surface area contributed by atoms with Crippen molar-refractivity contribution in [2.45, 2.75) is 65.4 Å². The molecule has 2 aromatic carbocycles. The molecule has 5 aliphatic rings. The third kappa shape index (κ3) is 3.43. The van der Waals surface area contributed by atoms with Crippen LogP contribution in [0.5, 0.6) is 0 Å². The molecule has 0 aromatic heterocycles. The van der Waals surface area contributed by atoms with Crippen molar-refractivity contribution in [1.82, 2.24) is 4.31 Å². The van der Waals surface area contributed by atoms with Crippen molar-refractivity contribution in [3.63, 3.8) is 0 Å². The third-order valence-electron chi connectivity index (χ3n) is 8.31. The van der Waals surface area contributed by atoms with E-state index in [2.05, 4.69) is 0 Å². The molecule has 188 valence electrons. The van der Waals surface area contributed by atoms with Crippen LogP contribution in [0.3, 0.4) is 0 Å². The number of alkyl halides is 6. The van der Waals surface area contributed by atoms with Crippen LogP contribution in [0, 0.1) is 17.8 Å². The minimum Gasteiger partial charge on any atom is -0.218 e. The largest absolute Gasteiger partial charge is 0.422 e. The van der Waals surface area contributed by atoms with Crippen LogP contribution in [0.15, 0.2) is 60.7 Å². The summed E-state index contributed by atoms with van der Waals surface area (Å²) in [6, 6.07) is 17.0. The van der Waals surface area contributed by atoms with E-state index in [4.69, 9.17) is 0 Å². The fraction of sp³-hybridized carbons (Fsp3) is 0.538. The summed E-state index contributed by atoms with van der Waals surface area (Å²) in [5.41, 5.74) is 0.195. The zero-order valence-electron chi connectivity index (χ0n) is 18.8. The number of hydrogen-bond donors (Lipinski definition) is 0. The van der Waals surface area contributed by atoms with Gasteiger partial charge in [-0.3, -0.25) is 0 Å². The molecule has 4 bridgehead atoms. The van der Waals surface area contributed by atoms with Gasteiger partial charge in [-0.05, 0) is 79.4 Å². The summed E-state index contributed by atoms with van der Waals surface area (Å²) in [7, 11) is 0. The maximum Gasteiger partial charge on any atom is 0.422 e. The van der Waals surface area contributed by atoms with Crippen LogP contribution in [0.2, 0.25) is 0 Å². The molecule has 0 unspecified atom stereocenters. The van der Waals surface area contributed by atoms with Gasteiger partial charge in [0, 0.05) is 5.54 Å². The Balaban J connectivity index is 1.63. The fourth-order valence-corrected chi connectivity index (χ4v) is 11.0. The van der Waals surface area contributed by atoms with E-state index >= 15 is 0 Å². The molecule has 0 spiro atoms. The molecule has 0 atom stereocenters. The summed E-state index contributed by atoms with van der Waals surface area (Å²) >= 11 is 0.0250. The molecule has 2 aromatic rings. The van der Waals surface area contributed by atoms with E-state index < -0.39 is 26.8 Å². The van der Waals surface area contributed by atoms with E-state index in [-0.39, 0.29) is 23.7 Å². The molecule has 1 nitrogen and oxygen atoms in total. The Morgan fingerprint density at radius 3 is 1.43 bits per heavy atom. The van der Waals surface area contributed by atoms with Gasteiger partial charge in [-0.15, -0.1) is 0 Å². The zero-order valence-corrected chi connectivity index (χ0v) is 20.4. The Morgan fingerprint density at radius 2 is 1.06 bits per heavy atom. The van der Waals surface area contributed by atoms with Crippen LogP contribution in [-0.4, -0.2) is 26.3 Å². The summed E-state index contributed by atoms with van der Waals surface area (Å²) in [5.74, 6) is 1.09. The number of halogens is 6. The highest BCUT2D eigenvalue weighted by atomic mass is 32.2. The monoisotopic (exact) mass is 529 g/mol. The van der Waals surface area contributed by atoms with E-state index in [1.807, 2.05) is 0 Å². The van der Waals surface area contributed by atoms with Gasteiger partial charge >= 0.3 is 12.4 Å². The van der Waals surface area contributed by atoms with Crippen molar-refractivity contribution < 1.29 is 26.3 Å². The van der Waals surface area contributed by atoms with Crippen molar-refractivity contribution in [3.8, 4) is 0 Å². The Labute approximate surface area is 209 Å². The molecule has 1 heterocycles. The van der Waals surface area contributed by atoms with Crippen molar-refractivity contribution in [2.24, 2.45) is 17.8 Å². The Morgan fingerprint density at radius 1 is 0.657 bits per heavy atom. The molecular weight excluding hydrogens is 504 g/mol. The normalized spacial score (nSPS) is 33.8. The van der Waals surface area contributed by atoms with E-state index in [0.717, 1.165) is 19.3 Å². The lowest BCUT2D eigenvalue weighted by atomic mass is 9.52. The smallest absolute Gasteiger partial charge is 0.218 e. The third-order valence-corrected chi connectivity index (χ3v) is 12.2. The molecule has 0 amide bonds. The molecule has 0 N–H and O–H groups in total. The van der Waals surface area contributed by atoms with Gasteiger partial charge in [0.1, 0.15) is 4.87 Å². The highest BCUT2D eigenvalue weighted by Gasteiger charge is 2.81. The second-order valence-corrected chi connectivity index (χ2v) is 13.4. The Hall–Kier alpha value is -1.32. The SMILES string of the molecule is FC(F)(F)C1(C(F)(F)F)SN(C23CC4CC(CC(C4)C2)C3)C(c2ccccc2)(c2ccccc2)S1. The molecule has 1 saturated heterocycles. The average Bonchev–Trinajstić information content (AvgIpc) is 3.20. The Bertz CT molecular complexity index is 996. The van der Waals surface area contributed by atoms with E-state index in [9.17, 15) is 26.3 Å². The van der Waals surface area contributed by atoms with Crippen molar-refractivity contribution in [2.75, 3.05) is 0 Å². The van der Waals surface area contributed by atoms with E-state index in [0.29, 0.717) is 48.1 Å². The maximum atomic E-state index is 14.6. The highest BCUT2D eigenvalue weighted by Crippen LogP contribution is 2.77. The van der Waals surface area contributed by atoms with Gasteiger partial charge in [-0.1, -0.05) is 72.4 Å². The summed E-state index contributed by atoms with van der Waals surface area (Å²) in [6.07, 6.45) is -5.91. The van der Waals surface area contributed by atoms with Crippen LogP contribution in [-0.2, 0) is 4.87 Å². The number of nitrogens with zero attached hydrogens (tertiary/aromatic N) is 1. The van der Waals surface area contributed by atoms with Crippen molar-refractivity contribution >= 4 is 23.7 Å². The molecule has 5 fully saturated rings. The lowest BCUT2D eigenvalue weighted by molar-refractivity contribution is -0.236. The van der Waals surface area contributed by atoms with Crippen molar-refractivity contribution in [1.29, 1.82) is 0 Å². The van der Waals surface area contributed by atoms with Gasteiger partial charge in [0.2, 0.25) is 0 Å². The molecule has 7 rings (SSSR count). The summed E-state index contributed by atoms with van der Waals surface area (Å²) in [5, 5.41) is 0. The van der Waals surface area contributed by atoms with Gasteiger partial charge in [0.05, 0.1) is 0 Å². The maximum absolute atomic E-state index is 14.6. The summed E-state index contributed by atoms with van der Waals surface area (Å²) in [4.78, 5) is -1.64. The molecule has 35 heavy (non-hydrogen) atoms. The minimum absolute atomic E-state index is 0.00338. The predicted octanol–water partition coefficient (Wildman–Crippen LogP) is 8.37. The Kier molecular flexibility index (Phi) is 5.39. The van der Waals surface area contributed by atoms with Crippen LogP contribution in [0.25, 0.3) is 0 Å². The first kappa shape index (κ1) is 24.0. The first-order valence-electron chi connectivity index (χ1n) is 11.9.